The first-order chi connectivity index (χ1) is 8.90. The van der Waals surface area contributed by atoms with E-state index in [0.29, 0.717) is 12.1 Å². The Hall–Kier alpha value is -1.31. The van der Waals surface area contributed by atoms with Crippen LogP contribution in [0.3, 0.4) is 0 Å². The maximum atomic E-state index is 11.8. The molecule has 0 aromatic heterocycles. The summed E-state index contributed by atoms with van der Waals surface area (Å²) in [5, 5.41) is 14.2. The Morgan fingerprint density at radius 3 is 2.47 bits per heavy atom. The average molecular weight is 376 g/mol. The zero-order valence-electron chi connectivity index (χ0n) is 10.8. The molecule has 0 saturated carbocycles. The van der Waals surface area contributed by atoms with Crippen LogP contribution in [0.25, 0.3) is 0 Å². The van der Waals surface area contributed by atoms with Gasteiger partial charge in [-0.3, -0.25) is 0 Å². The molecular weight excluding hydrogens is 359 g/mol. The quantitative estimate of drug-likeness (QED) is 0.692. The normalized spacial score (nSPS) is 12.0. The fourth-order valence-electron chi connectivity index (χ4n) is 1.57. The van der Waals surface area contributed by atoms with Gasteiger partial charge in [0.1, 0.15) is 6.04 Å². The van der Waals surface area contributed by atoms with Crippen LogP contribution in [0, 0.1) is 9.49 Å². The molecule has 0 spiro atoms. The molecule has 1 aromatic rings. The lowest BCUT2D eigenvalue weighted by atomic mass is 10.0. The fraction of sp³-hybridized carbons (Fsp3) is 0.385. The maximum absolute atomic E-state index is 11.8. The number of carboxylic acids is 1. The molecule has 1 aromatic carbocycles. The lowest BCUT2D eigenvalue weighted by molar-refractivity contribution is -0.139. The Bertz CT molecular complexity index is 463. The highest BCUT2D eigenvalue weighted by molar-refractivity contribution is 14.1. The summed E-state index contributed by atoms with van der Waals surface area (Å²) in [7, 11) is 0. The number of hydrogen-bond acceptors (Lipinski definition) is 2. The predicted molar refractivity (Wildman–Crippen MR) is 82.2 cm³/mol. The van der Waals surface area contributed by atoms with E-state index in [4.69, 9.17) is 5.11 Å². The summed E-state index contributed by atoms with van der Waals surface area (Å²) in [5.41, 5.74) is 0.661. The molecule has 19 heavy (non-hydrogen) atoms. The van der Waals surface area contributed by atoms with Crippen molar-refractivity contribution >= 4 is 40.3 Å². The monoisotopic (exact) mass is 376 g/mol. The van der Waals surface area contributed by atoms with Crippen molar-refractivity contribution in [2.24, 2.45) is 5.92 Å². The van der Waals surface area contributed by atoms with Crippen molar-refractivity contribution in [3.63, 3.8) is 0 Å². The number of carbonyl (C=O) groups excluding carboxylic acids is 1. The second-order valence-electron chi connectivity index (χ2n) is 4.60. The maximum Gasteiger partial charge on any atom is 0.326 e. The number of carboxylic acid groups (broad SMARTS) is 1. The second kappa shape index (κ2) is 7.32. The zero-order chi connectivity index (χ0) is 14.4. The molecule has 0 radical (unpaired) electrons. The summed E-state index contributed by atoms with van der Waals surface area (Å²) < 4.78 is 0.894. The summed E-state index contributed by atoms with van der Waals surface area (Å²) in [5.74, 6) is -0.829. The van der Waals surface area contributed by atoms with Crippen molar-refractivity contribution in [3.05, 3.63) is 27.8 Å². The molecule has 6 heteroatoms. The first-order valence-electron chi connectivity index (χ1n) is 5.95. The van der Waals surface area contributed by atoms with Gasteiger partial charge in [-0.05, 0) is 47.1 Å². The van der Waals surface area contributed by atoms with Crippen molar-refractivity contribution in [1.29, 1.82) is 0 Å². The predicted octanol–water partition coefficient (Wildman–Crippen LogP) is 2.91. The van der Waals surface area contributed by atoms with Crippen LogP contribution in [0.15, 0.2) is 24.3 Å². The average Bonchev–Trinajstić information content (AvgIpc) is 2.30. The van der Waals surface area contributed by atoms with Crippen LogP contribution >= 0.6 is 22.6 Å². The number of para-hydroxylation sites is 1. The lowest BCUT2D eigenvalue weighted by Gasteiger charge is -2.17. The number of rotatable bonds is 5. The van der Waals surface area contributed by atoms with Crippen LogP contribution in [0.4, 0.5) is 10.5 Å². The van der Waals surface area contributed by atoms with Gasteiger partial charge in [-0.15, -0.1) is 0 Å². The van der Waals surface area contributed by atoms with E-state index in [2.05, 4.69) is 33.2 Å². The number of urea groups is 1. The summed E-state index contributed by atoms with van der Waals surface area (Å²) in [6.07, 6.45) is 0.397. The molecule has 0 heterocycles. The van der Waals surface area contributed by atoms with Gasteiger partial charge in [-0.25, -0.2) is 9.59 Å². The van der Waals surface area contributed by atoms with E-state index >= 15 is 0 Å². The molecule has 1 rings (SSSR count). The molecule has 3 N–H and O–H groups in total. The highest BCUT2D eigenvalue weighted by Crippen LogP contribution is 2.16. The topological polar surface area (TPSA) is 78.4 Å². The van der Waals surface area contributed by atoms with Gasteiger partial charge in [0, 0.05) is 3.57 Å². The lowest BCUT2D eigenvalue weighted by Crippen LogP contribution is -2.43. The number of amides is 2. The molecule has 1 atom stereocenters. The van der Waals surface area contributed by atoms with Crippen LogP contribution in [-0.2, 0) is 4.79 Å². The first-order valence-corrected chi connectivity index (χ1v) is 7.03. The number of anilines is 1. The number of aliphatic carboxylic acids is 1. The van der Waals surface area contributed by atoms with E-state index in [1.165, 1.54) is 0 Å². The summed E-state index contributed by atoms with van der Waals surface area (Å²) in [6, 6.07) is 5.92. The number of benzene rings is 1. The Balaban J connectivity index is 2.63. The molecule has 0 aliphatic heterocycles. The van der Waals surface area contributed by atoms with Crippen molar-refractivity contribution in [2.75, 3.05) is 5.32 Å². The molecule has 104 valence electrons. The van der Waals surface area contributed by atoms with E-state index in [1.807, 2.05) is 26.0 Å². The number of carbonyl (C=O) groups is 2. The molecule has 0 saturated heterocycles. The van der Waals surface area contributed by atoms with E-state index in [-0.39, 0.29) is 5.92 Å². The zero-order valence-corrected chi connectivity index (χ0v) is 13.0. The molecule has 0 unspecified atom stereocenters. The van der Waals surface area contributed by atoms with E-state index in [9.17, 15) is 9.59 Å². The molecule has 2 amide bonds. The molecule has 0 aliphatic rings. The number of hydrogen-bond donors (Lipinski definition) is 3. The van der Waals surface area contributed by atoms with Gasteiger partial charge in [0.15, 0.2) is 0 Å². The standard InChI is InChI=1S/C13H17IN2O3/c1-8(2)7-11(12(17)18)16-13(19)15-10-6-4-3-5-9(10)14/h3-6,8,11H,7H2,1-2H3,(H,17,18)(H2,15,16,19)/t11-/m1/s1. The second-order valence-corrected chi connectivity index (χ2v) is 5.76. The summed E-state index contributed by atoms with van der Waals surface area (Å²) in [4.78, 5) is 22.8. The van der Waals surface area contributed by atoms with Gasteiger partial charge in [0.25, 0.3) is 0 Å². The van der Waals surface area contributed by atoms with Gasteiger partial charge in [-0.1, -0.05) is 26.0 Å². The molecular formula is C13H17IN2O3. The van der Waals surface area contributed by atoms with Crippen LogP contribution in [-0.4, -0.2) is 23.1 Å². The number of halogens is 1. The van der Waals surface area contributed by atoms with Crippen molar-refractivity contribution in [2.45, 2.75) is 26.3 Å². The minimum absolute atomic E-state index is 0.193. The Kier molecular flexibility index (Phi) is 6.07. The summed E-state index contributed by atoms with van der Waals surface area (Å²) in [6.45, 7) is 3.82. The molecule has 0 fully saturated rings. The molecule has 5 nitrogen and oxygen atoms in total. The van der Waals surface area contributed by atoms with Gasteiger partial charge in [0.2, 0.25) is 0 Å². The largest absolute Gasteiger partial charge is 0.480 e. The van der Waals surface area contributed by atoms with E-state index in [1.54, 1.807) is 12.1 Å². The van der Waals surface area contributed by atoms with Crippen molar-refractivity contribution in [3.8, 4) is 0 Å². The molecule has 0 aliphatic carbocycles. The Morgan fingerprint density at radius 2 is 1.95 bits per heavy atom. The van der Waals surface area contributed by atoms with E-state index < -0.39 is 18.0 Å². The highest BCUT2D eigenvalue weighted by atomic mass is 127. The minimum atomic E-state index is -1.02. The van der Waals surface area contributed by atoms with Gasteiger partial charge >= 0.3 is 12.0 Å². The number of nitrogens with one attached hydrogen (secondary N) is 2. The minimum Gasteiger partial charge on any atom is -0.480 e. The van der Waals surface area contributed by atoms with Gasteiger partial charge < -0.3 is 15.7 Å². The summed E-state index contributed by atoms with van der Waals surface area (Å²) >= 11 is 2.10. The van der Waals surface area contributed by atoms with Crippen LogP contribution < -0.4 is 10.6 Å². The third kappa shape index (κ3) is 5.46. The van der Waals surface area contributed by atoms with Crippen LogP contribution in [0.2, 0.25) is 0 Å². The van der Waals surface area contributed by atoms with Crippen molar-refractivity contribution in [1.82, 2.24) is 5.32 Å². The fourth-order valence-corrected chi connectivity index (χ4v) is 2.09. The van der Waals surface area contributed by atoms with Crippen LogP contribution in [0.1, 0.15) is 20.3 Å². The van der Waals surface area contributed by atoms with Gasteiger partial charge in [0.05, 0.1) is 5.69 Å². The first kappa shape index (κ1) is 15.7. The smallest absolute Gasteiger partial charge is 0.326 e. The van der Waals surface area contributed by atoms with Crippen LogP contribution in [0.5, 0.6) is 0 Å². The van der Waals surface area contributed by atoms with Crippen molar-refractivity contribution < 1.29 is 14.7 Å². The Morgan fingerprint density at radius 1 is 1.32 bits per heavy atom. The highest BCUT2D eigenvalue weighted by Gasteiger charge is 2.21. The third-order valence-corrected chi connectivity index (χ3v) is 3.37. The SMILES string of the molecule is CC(C)C[C@@H](NC(=O)Nc1ccccc1I)C(=O)O. The van der Waals surface area contributed by atoms with Gasteiger partial charge in [-0.2, -0.15) is 0 Å². The third-order valence-electron chi connectivity index (χ3n) is 2.43. The van der Waals surface area contributed by atoms with E-state index in [0.717, 1.165) is 3.57 Å². The molecule has 0 bridgehead atoms. The Labute approximate surface area is 125 Å².